The molecule has 7 nitrogen and oxygen atoms in total. The molecule has 0 atom stereocenters. The minimum absolute atomic E-state index is 0.0774. The molecule has 4 rings (SSSR count). The Hall–Kier alpha value is -4.20. The van der Waals surface area contributed by atoms with E-state index in [-0.39, 0.29) is 24.1 Å². The number of benzene rings is 1. The maximum absolute atomic E-state index is 13.5. The molecule has 8 heteroatoms. The number of nitrogens with zero attached hydrogens (tertiary/aromatic N) is 4. The second-order valence-electron chi connectivity index (χ2n) is 7.30. The van der Waals surface area contributed by atoms with E-state index in [1.54, 1.807) is 36.5 Å². The standard InChI is InChI=1S/C24H21FN6O/c1-14-11-17(12-15(2)29-14)22-21(16-6-8-18(25)9-7-16)31-23(26)20(30-22)13-28-24(32)19-5-3-4-10-27-19/h3-12H,13H2,1-2H3,(H2,26,31)(H,28,32). The van der Waals surface area contributed by atoms with Crippen molar-refractivity contribution in [3.05, 3.63) is 89.4 Å². The van der Waals surface area contributed by atoms with Crippen LogP contribution in [0.1, 0.15) is 27.6 Å². The number of nitrogens with one attached hydrogen (secondary N) is 1. The molecule has 0 spiro atoms. The summed E-state index contributed by atoms with van der Waals surface area (Å²) in [5.74, 6) is -0.510. The number of amides is 1. The van der Waals surface area contributed by atoms with Crippen molar-refractivity contribution in [2.24, 2.45) is 0 Å². The second-order valence-corrected chi connectivity index (χ2v) is 7.30. The maximum atomic E-state index is 13.5. The Bertz CT molecular complexity index is 1260. The van der Waals surface area contributed by atoms with Gasteiger partial charge in [0.1, 0.15) is 23.0 Å². The first kappa shape index (κ1) is 21.0. The number of hydrogen-bond donors (Lipinski definition) is 2. The number of aromatic nitrogens is 4. The van der Waals surface area contributed by atoms with Gasteiger partial charge in [0.15, 0.2) is 0 Å². The van der Waals surface area contributed by atoms with Gasteiger partial charge in [-0.25, -0.2) is 14.4 Å². The summed E-state index contributed by atoms with van der Waals surface area (Å²) in [5, 5.41) is 2.78. The summed E-state index contributed by atoms with van der Waals surface area (Å²) in [6.45, 7) is 3.87. The molecule has 0 saturated heterocycles. The Morgan fingerprint density at radius 1 is 0.938 bits per heavy atom. The average Bonchev–Trinajstić information content (AvgIpc) is 2.78. The largest absolute Gasteiger partial charge is 0.382 e. The van der Waals surface area contributed by atoms with Crippen molar-refractivity contribution in [3.8, 4) is 22.5 Å². The van der Waals surface area contributed by atoms with Crippen molar-refractivity contribution in [1.29, 1.82) is 0 Å². The lowest BCUT2D eigenvalue weighted by Crippen LogP contribution is -2.25. The number of pyridine rings is 2. The van der Waals surface area contributed by atoms with Gasteiger partial charge in [0.05, 0.1) is 17.9 Å². The zero-order valence-electron chi connectivity index (χ0n) is 17.6. The van der Waals surface area contributed by atoms with Crippen LogP contribution in [0.3, 0.4) is 0 Å². The highest BCUT2D eigenvalue weighted by Gasteiger charge is 2.17. The highest BCUT2D eigenvalue weighted by Crippen LogP contribution is 2.31. The quantitative estimate of drug-likeness (QED) is 0.500. The summed E-state index contributed by atoms with van der Waals surface area (Å²) >= 11 is 0. The number of nitrogen functional groups attached to an aromatic ring is 1. The van der Waals surface area contributed by atoms with Gasteiger partial charge in [-0.15, -0.1) is 0 Å². The van der Waals surface area contributed by atoms with E-state index in [1.807, 2.05) is 26.0 Å². The third-order valence-electron chi connectivity index (χ3n) is 4.79. The number of nitrogens with two attached hydrogens (primary N) is 1. The molecule has 3 N–H and O–H groups in total. The van der Waals surface area contributed by atoms with Crippen LogP contribution in [0.15, 0.2) is 60.8 Å². The topological polar surface area (TPSA) is 107 Å². The predicted octanol–water partition coefficient (Wildman–Crippen LogP) is 3.87. The number of aryl methyl sites for hydroxylation is 2. The molecule has 160 valence electrons. The average molecular weight is 428 g/mol. The molecule has 32 heavy (non-hydrogen) atoms. The molecule has 0 bridgehead atoms. The summed E-state index contributed by atoms with van der Waals surface area (Å²) in [6, 6.07) is 14.9. The van der Waals surface area contributed by atoms with E-state index in [0.717, 1.165) is 17.0 Å². The van der Waals surface area contributed by atoms with Gasteiger partial charge >= 0.3 is 0 Å². The molecule has 3 aromatic heterocycles. The molecule has 0 unspecified atom stereocenters. The molecule has 0 aliphatic rings. The van der Waals surface area contributed by atoms with Crippen molar-refractivity contribution < 1.29 is 9.18 Å². The molecule has 0 saturated carbocycles. The lowest BCUT2D eigenvalue weighted by atomic mass is 10.0. The fourth-order valence-electron chi connectivity index (χ4n) is 3.35. The number of rotatable bonds is 5. The molecule has 0 aliphatic carbocycles. The third-order valence-corrected chi connectivity index (χ3v) is 4.79. The molecule has 0 aliphatic heterocycles. The maximum Gasteiger partial charge on any atom is 0.270 e. The Morgan fingerprint density at radius 3 is 2.28 bits per heavy atom. The Labute approximate surface area is 184 Å². The van der Waals surface area contributed by atoms with Gasteiger partial charge in [-0.2, -0.15) is 0 Å². The minimum atomic E-state index is -0.347. The van der Waals surface area contributed by atoms with Gasteiger partial charge < -0.3 is 11.1 Å². The Morgan fingerprint density at radius 2 is 1.62 bits per heavy atom. The van der Waals surface area contributed by atoms with Crippen molar-refractivity contribution in [2.75, 3.05) is 5.73 Å². The van der Waals surface area contributed by atoms with Crippen LogP contribution in [0.5, 0.6) is 0 Å². The second kappa shape index (κ2) is 8.89. The van der Waals surface area contributed by atoms with E-state index in [2.05, 4.69) is 20.3 Å². The summed E-state index contributed by atoms with van der Waals surface area (Å²) in [4.78, 5) is 30.2. The summed E-state index contributed by atoms with van der Waals surface area (Å²) in [5.41, 5.74) is 11.1. The predicted molar refractivity (Wildman–Crippen MR) is 120 cm³/mol. The van der Waals surface area contributed by atoms with Gasteiger partial charge in [0.25, 0.3) is 5.91 Å². The van der Waals surface area contributed by atoms with Crippen LogP contribution >= 0.6 is 0 Å². The number of halogens is 1. The molecule has 0 radical (unpaired) electrons. The van der Waals surface area contributed by atoms with E-state index in [4.69, 9.17) is 10.7 Å². The van der Waals surface area contributed by atoms with E-state index in [1.165, 1.54) is 12.1 Å². The Kier molecular flexibility index (Phi) is 5.85. The van der Waals surface area contributed by atoms with E-state index in [0.29, 0.717) is 28.3 Å². The molecule has 0 fully saturated rings. The lowest BCUT2D eigenvalue weighted by molar-refractivity contribution is 0.0945. The monoisotopic (exact) mass is 428 g/mol. The number of anilines is 1. The van der Waals surface area contributed by atoms with Crippen LogP contribution in [0.2, 0.25) is 0 Å². The first-order chi connectivity index (χ1) is 15.4. The number of carbonyl (C=O) groups is 1. The van der Waals surface area contributed by atoms with Gasteiger partial charge in [-0.1, -0.05) is 6.07 Å². The molecular weight excluding hydrogens is 407 g/mol. The Balaban J connectivity index is 1.75. The van der Waals surface area contributed by atoms with E-state index < -0.39 is 0 Å². The highest BCUT2D eigenvalue weighted by molar-refractivity contribution is 5.92. The van der Waals surface area contributed by atoms with Crippen molar-refractivity contribution >= 4 is 11.7 Å². The summed E-state index contributed by atoms with van der Waals surface area (Å²) < 4.78 is 13.5. The normalized spacial score (nSPS) is 10.7. The van der Waals surface area contributed by atoms with Crippen LogP contribution in [0.25, 0.3) is 22.5 Å². The van der Waals surface area contributed by atoms with Gasteiger partial charge in [0, 0.05) is 28.7 Å². The zero-order valence-corrected chi connectivity index (χ0v) is 17.6. The van der Waals surface area contributed by atoms with Crippen LogP contribution < -0.4 is 11.1 Å². The van der Waals surface area contributed by atoms with Crippen LogP contribution in [0, 0.1) is 19.7 Å². The molecule has 1 aromatic carbocycles. The first-order valence-corrected chi connectivity index (χ1v) is 9.98. The smallest absolute Gasteiger partial charge is 0.270 e. The fourth-order valence-corrected chi connectivity index (χ4v) is 3.35. The highest BCUT2D eigenvalue weighted by atomic mass is 19.1. The number of carbonyl (C=O) groups excluding carboxylic acids is 1. The van der Waals surface area contributed by atoms with Gasteiger partial charge in [-0.3, -0.25) is 14.8 Å². The molecule has 4 aromatic rings. The van der Waals surface area contributed by atoms with Crippen LogP contribution in [0.4, 0.5) is 10.2 Å². The summed E-state index contributed by atoms with van der Waals surface area (Å²) in [7, 11) is 0. The molecular formula is C24H21FN6O. The van der Waals surface area contributed by atoms with Crippen molar-refractivity contribution in [2.45, 2.75) is 20.4 Å². The van der Waals surface area contributed by atoms with Gasteiger partial charge in [-0.05, 0) is 62.4 Å². The van der Waals surface area contributed by atoms with Crippen LogP contribution in [-0.2, 0) is 6.54 Å². The van der Waals surface area contributed by atoms with Crippen molar-refractivity contribution in [1.82, 2.24) is 25.3 Å². The lowest BCUT2D eigenvalue weighted by Gasteiger charge is -2.14. The SMILES string of the molecule is Cc1cc(-c2nc(CNC(=O)c3ccccn3)c(N)nc2-c2ccc(F)cc2)cc(C)n1. The summed E-state index contributed by atoms with van der Waals surface area (Å²) in [6.07, 6.45) is 1.55. The van der Waals surface area contributed by atoms with Crippen molar-refractivity contribution in [3.63, 3.8) is 0 Å². The van der Waals surface area contributed by atoms with Gasteiger partial charge in [0.2, 0.25) is 0 Å². The van der Waals surface area contributed by atoms with E-state index in [9.17, 15) is 9.18 Å². The first-order valence-electron chi connectivity index (χ1n) is 9.98. The third kappa shape index (κ3) is 4.59. The molecule has 1 amide bonds. The molecule has 3 heterocycles. The zero-order chi connectivity index (χ0) is 22.7. The minimum Gasteiger partial charge on any atom is -0.382 e. The number of hydrogen-bond acceptors (Lipinski definition) is 6. The van der Waals surface area contributed by atoms with Crippen LogP contribution in [-0.4, -0.2) is 25.8 Å². The fraction of sp³-hybridized carbons (Fsp3) is 0.125. The van der Waals surface area contributed by atoms with E-state index >= 15 is 0 Å².